The molecule has 0 fully saturated rings. The number of carbonyl (C=O) groups is 1. The van der Waals surface area contributed by atoms with Crippen LogP contribution in [0.5, 0.6) is 0 Å². The first-order valence-corrected chi connectivity index (χ1v) is 5.98. The van der Waals surface area contributed by atoms with E-state index in [9.17, 15) is 14.4 Å². The number of hydrogen-bond donors (Lipinski definition) is 1. The highest BCUT2D eigenvalue weighted by atomic mass is 16.2. The monoisotopic (exact) mass is 263 g/mol. The van der Waals surface area contributed by atoms with E-state index in [4.69, 9.17) is 0 Å². The molecule has 0 aliphatic carbocycles. The number of hydrogen-bond acceptors (Lipinski definition) is 3. The van der Waals surface area contributed by atoms with Crippen LogP contribution in [0.1, 0.15) is 31.3 Å². The highest BCUT2D eigenvalue weighted by molar-refractivity contribution is 6.01. The van der Waals surface area contributed by atoms with Gasteiger partial charge in [0.25, 0.3) is 5.56 Å². The minimum atomic E-state index is -0.551. The van der Waals surface area contributed by atoms with E-state index >= 15 is 0 Å². The number of rotatable bonds is 1. The van der Waals surface area contributed by atoms with Gasteiger partial charge in [-0.3, -0.25) is 18.7 Å². The van der Waals surface area contributed by atoms with Crippen molar-refractivity contribution in [2.45, 2.75) is 20.8 Å². The van der Waals surface area contributed by atoms with E-state index in [0.29, 0.717) is 16.7 Å². The molecule has 0 aromatic carbocycles. The summed E-state index contributed by atoms with van der Waals surface area (Å²) in [5.41, 5.74) is -0.650. The Morgan fingerprint density at radius 1 is 1.16 bits per heavy atom. The fraction of sp³-hybridized carbons (Fsp3) is 0.462. The lowest BCUT2D eigenvalue weighted by Crippen LogP contribution is -2.36. The van der Waals surface area contributed by atoms with Crippen LogP contribution in [-0.4, -0.2) is 19.9 Å². The van der Waals surface area contributed by atoms with E-state index in [-0.39, 0.29) is 5.78 Å². The van der Waals surface area contributed by atoms with E-state index in [1.54, 1.807) is 27.8 Å². The second-order valence-electron chi connectivity index (χ2n) is 5.73. The van der Waals surface area contributed by atoms with Crippen molar-refractivity contribution < 1.29 is 4.79 Å². The van der Waals surface area contributed by atoms with Gasteiger partial charge in [0.2, 0.25) is 0 Å². The van der Waals surface area contributed by atoms with Crippen molar-refractivity contribution in [3.63, 3.8) is 0 Å². The van der Waals surface area contributed by atoms with Gasteiger partial charge in [-0.05, 0) is 6.07 Å². The first kappa shape index (κ1) is 13.3. The normalized spacial score (nSPS) is 12.1. The fourth-order valence-corrected chi connectivity index (χ4v) is 1.99. The summed E-state index contributed by atoms with van der Waals surface area (Å²) in [5.74, 6) is -0.0989. The van der Waals surface area contributed by atoms with Crippen LogP contribution in [0.2, 0.25) is 0 Å². The van der Waals surface area contributed by atoms with Gasteiger partial charge in [0.1, 0.15) is 5.65 Å². The number of aryl methyl sites for hydroxylation is 1. The first-order chi connectivity index (χ1) is 8.64. The van der Waals surface area contributed by atoms with Crippen LogP contribution < -0.4 is 11.2 Å². The summed E-state index contributed by atoms with van der Waals surface area (Å²) in [6.07, 6.45) is 0. The average molecular weight is 263 g/mol. The molecule has 2 aromatic rings. The number of aromatic nitrogens is 3. The van der Waals surface area contributed by atoms with E-state index in [0.717, 1.165) is 4.57 Å². The lowest BCUT2D eigenvalue weighted by molar-refractivity contribution is 0.0854. The summed E-state index contributed by atoms with van der Waals surface area (Å²) in [7, 11) is 2.98. The van der Waals surface area contributed by atoms with Gasteiger partial charge in [0.15, 0.2) is 5.78 Å². The van der Waals surface area contributed by atoms with E-state index < -0.39 is 16.7 Å². The van der Waals surface area contributed by atoms with Gasteiger partial charge in [-0.2, -0.15) is 0 Å². The molecular formula is C13H17N3O3. The molecule has 102 valence electrons. The van der Waals surface area contributed by atoms with Crippen molar-refractivity contribution in [2.24, 2.45) is 19.5 Å². The molecule has 6 heteroatoms. The number of aromatic amines is 1. The van der Waals surface area contributed by atoms with Gasteiger partial charge in [0, 0.05) is 19.5 Å². The van der Waals surface area contributed by atoms with Crippen LogP contribution in [0.3, 0.4) is 0 Å². The minimum Gasteiger partial charge on any atom is -0.338 e. The maximum atomic E-state index is 12.2. The smallest absolute Gasteiger partial charge is 0.332 e. The summed E-state index contributed by atoms with van der Waals surface area (Å²) in [6, 6.07) is 1.52. The van der Waals surface area contributed by atoms with Crippen molar-refractivity contribution >= 4 is 16.8 Å². The zero-order valence-electron chi connectivity index (χ0n) is 11.7. The lowest BCUT2D eigenvalue weighted by atomic mass is 9.89. The summed E-state index contributed by atoms with van der Waals surface area (Å²) in [5, 5.41) is 0.345. The summed E-state index contributed by atoms with van der Waals surface area (Å²) < 4.78 is 2.36. The Morgan fingerprint density at radius 2 is 1.74 bits per heavy atom. The second kappa shape index (κ2) is 3.94. The molecule has 0 unspecified atom stereocenters. The third-order valence-corrected chi connectivity index (χ3v) is 3.17. The van der Waals surface area contributed by atoms with E-state index in [1.807, 2.05) is 0 Å². The fourth-order valence-electron chi connectivity index (χ4n) is 1.99. The summed E-state index contributed by atoms with van der Waals surface area (Å²) in [6.45, 7) is 5.41. The standard InChI is InChI=1S/C13H17N3O3/c1-13(2,3)9(17)8-6-7-10(14-8)15(4)12(19)16(5)11(7)18/h6,14H,1-5H3. The number of nitrogens with zero attached hydrogens (tertiary/aromatic N) is 2. The quantitative estimate of drug-likeness (QED) is 0.773. The predicted octanol–water partition coefficient (Wildman–Crippen LogP) is 0.794. The van der Waals surface area contributed by atoms with Crippen LogP contribution in [0.25, 0.3) is 11.0 Å². The van der Waals surface area contributed by atoms with E-state index in [2.05, 4.69) is 4.98 Å². The molecular weight excluding hydrogens is 246 g/mol. The first-order valence-electron chi connectivity index (χ1n) is 5.98. The molecule has 0 saturated carbocycles. The topological polar surface area (TPSA) is 76.9 Å². The number of carbonyl (C=O) groups excluding carboxylic acids is 1. The largest absolute Gasteiger partial charge is 0.338 e. The van der Waals surface area contributed by atoms with Crippen LogP contribution >= 0.6 is 0 Å². The summed E-state index contributed by atoms with van der Waals surface area (Å²) >= 11 is 0. The Morgan fingerprint density at radius 3 is 2.26 bits per heavy atom. The number of Topliss-reactive ketones (excluding diaryl/α,β-unsaturated/α-hetero) is 1. The second-order valence-corrected chi connectivity index (χ2v) is 5.73. The molecule has 0 saturated heterocycles. The van der Waals surface area contributed by atoms with Crippen molar-refractivity contribution in [3.05, 3.63) is 32.6 Å². The summed E-state index contributed by atoms with van der Waals surface area (Å²) in [4.78, 5) is 38.9. The SMILES string of the molecule is Cn1c(=O)c2cc(C(=O)C(C)(C)C)[nH]c2n(C)c1=O. The van der Waals surface area contributed by atoms with Crippen molar-refractivity contribution in [2.75, 3.05) is 0 Å². The maximum Gasteiger partial charge on any atom is 0.332 e. The van der Waals surface area contributed by atoms with Gasteiger partial charge in [-0.15, -0.1) is 0 Å². The van der Waals surface area contributed by atoms with Gasteiger partial charge in [-0.25, -0.2) is 4.79 Å². The van der Waals surface area contributed by atoms with Gasteiger partial charge >= 0.3 is 5.69 Å². The van der Waals surface area contributed by atoms with Crippen molar-refractivity contribution in [3.8, 4) is 0 Å². The lowest BCUT2D eigenvalue weighted by Gasteiger charge is -2.14. The van der Waals surface area contributed by atoms with Crippen LogP contribution in [0, 0.1) is 5.41 Å². The van der Waals surface area contributed by atoms with Gasteiger partial charge in [-0.1, -0.05) is 20.8 Å². The molecule has 0 atom stereocenters. The Hall–Kier alpha value is -2.11. The number of H-pyrrole nitrogens is 1. The molecule has 0 aliphatic rings. The van der Waals surface area contributed by atoms with Gasteiger partial charge in [0.05, 0.1) is 11.1 Å². The third kappa shape index (κ3) is 1.93. The molecule has 6 nitrogen and oxygen atoms in total. The highest BCUT2D eigenvalue weighted by Gasteiger charge is 2.25. The number of nitrogens with one attached hydrogen (secondary N) is 1. The molecule has 19 heavy (non-hydrogen) atoms. The zero-order chi connectivity index (χ0) is 14.5. The molecule has 0 spiro atoms. The molecule has 0 aliphatic heterocycles. The molecule has 0 radical (unpaired) electrons. The Kier molecular flexibility index (Phi) is 2.77. The molecule has 0 bridgehead atoms. The molecule has 2 rings (SSSR count). The third-order valence-electron chi connectivity index (χ3n) is 3.17. The highest BCUT2D eigenvalue weighted by Crippen LogP contribution is 2.21. The predicted molar refractivity (Wildman–Crippen MR) is 72.6 cm³/mol. The minimum absolute atomic E-state index is 0.0989. The van der Waals surface area contributed by atoms with Crippen LogP contribution in [0.15, 0.2) is 15.7 Å². The zero-order valence-corrected chi connectivity index (χ0v) is 11.7. The molecule has 0 amide bonds. The number of fused-ring (bicyclic) bond motifs is 1. The average Bonchev–Trinajstić information content (AvgIpc) is 2.76. The Labute approximate surface area is 109 Å². The number of ketones is 1. The van der Waals surface area contributed by atoms with Crippen molar-refractivity contribution in [1.82, 2.24) is 14.1 Å². The molecule has 1 N–H and O–H groups in total. The van der Waals surface area contributed by atoms with Crippen LogP contribution in [-0.2, 0) is 14.1 Å². The van der Waals surface area contributed by atoms with E-state index in [1.165, 1.54) is 17.7 Å². The van der Waals surface area contributed by atoms with Gasteiger partial charge < -0.3 is 4.98 Å². The van der Waals surface area contributed by atoms with Crippen molar-refractivity contribution in [1.29, 1.82) is 0 Å². The molecule has 2 heterocycles. The molecule has 2 aromatic heterocycles. The van der Waals surface area contributed by atoms with Crippen LogP contribution in [0.4, 0.5) is 0 Å². The maximum absolute atomic E-state index is 12.2. The Balaban J connectivity index is 2.83. The Bertz CT molecular complexity index is 784.